The summed E-state index contributed by atoms with van der Waals surface area (Å²) in [7, 11) is -3.83. The first-order valence-electron chi connectivity index (χ1n) is 9.93. The number of benzene rings is 2. The zero-order valence-corrected chi connectivity index (χ0v) is 20.7. The van der Waals surface area contributed by atoms with Gasteiger partial charge in [0.25, 0.3) is 0 Å². The predicted octanol–water partition coefficient (Wildman–Crippen LogP) is 3.02. The molecule has 32 heavy (non-hydrogen) atoms. The van der Waals surface area contributed by atoms with E-state index in [4.69, 9.17) is 0 Å². The van der Waals surface area contributed by atoms with Gasteiger partial charge in [0.2, 0.25) is 21.1 Å². The van der Waals surface area contributed by atoms with Crippen molar-refractivity contribution < 1.29 is 13.2 Å². The summed E-state index contributed by atoms with van der Waals surface area (Å²) in [5.41, 5.74) is 1.00. The predicted molar refractivity (Wildman–Crippen MR) is 128 cm³/mol. The number of carbonyl (C=O) groups excluding carboxylic acids is 1. The van der Waals surface area contributed by atoms with E-state index >= 15 is 0 Å². The Morgan fingerprint density at radius 2 is 1.88 bits per heavy atom. The van der Waals surface area contributed by atoms with E-state index in [1.54, 1.807) is 12.1 Å². The number of rotatable bonds is 11. The zero-order chi connectivity index (χ0) is 23.0. The summed E-state index contributed by atoms with van der Waals surface area (Å²) in [5, 5.41) is 10.2. The fraction of sp³-hybridized carbons (Fsp3) is 0.286. The fourth-order valence-electron chi connectivity index (χ4n) is 2.87. The number of amides is 1. The Bertz CT molecular complexity index is 1120. The molecule has 0 fully saturated rings. The maximum absolute atomic E-state index is 13.2. The van der Waals surface area contributed by atoms with Crippen molar-refractivity contribution >= 4 is 43.6 Å². The van der Waals surface area contributed by atoms with Crippen molar-refractivity contribution in [2.75, 3.05) is 25.4 Å². The Morgan fingerprint density at radius 1 is 1.16 bits per heavy atom. The number of carbonyl (C=O) groups is 1. The monoisotopic (exact) mass is 537 g/mol. The smallest absolute Gasteiger partial charge is 0.243 e. The van der Waals surface area contributed by atoms with Crippen LogP contribution in [0.3, 0.4) is 0 Å². The van der Waals surface area contributed by atoms with Gasteiger partial charge in [-0.25, -0.2) is 13.4 Å². The van der Waals surface area contributed by atoms with Gasteiger partial charge in [-0.15, -0.1) is 5.10 Å². The number of nitrogens with zero attached hydrogens (tertiary/aromatic N) is 3. The largest absolute Gasteiger partial charge is 0.354 e. The van der Waals surface area contributed by atoms with Crippen LogP contribution >= 0.6 is 27.7 Å². The molecule has 0 unspecified atom stereocenters. The van der Waals surface area contributed by atoms with E-state index in [1.807, 2.05) is 37.3 Å². The van der Waals surface area contributed by atoms with Crippen LogP contribution in [0.4, 0.5) is 0 Å². The molecule has 0 atom stereocenters. The number of aryl methyl sites for hydroxylation is 1. The summed E-state index contributed by atoms with van der Waals surface area (Å²) in [6, 6.07) is 16.0. The third kappa shape index (κ3) is 7.16. The highest BCUT2D eigenvalue weighted by atomic mass is 79.9. The maximum Gasteiger partial charge on any atom is 0.243 e. The number of sulfonamides is 1. The van der Waals surface area contributed by atoms with Gasteiger partial charge in [-0.2, -0.15) is 4.31 Å². The van der Waals surface area contributed by atoms with Crippen molar-refractivity contribution in [2.45, 2.75) is 23.4 Å². The Kier molecular flexibility index (Phi) is 8.85. The topological polar surface area (TPSA) is 108 Å². The average Bonchev–Trinajstić information content (AvgIpc) is 3.20. The number of hydrogen-bond acceptors (Lipinski definition) is 6. The van der Waals surface area contributed by atoms with E-state index in [0.29, 0.717) is 23.9 Å². The lowest BCUT2D eigenvalue weighted by molar-refractivity contribution is -0.121. The van der Waals surface area contributed by atoms with E-state index < -0.39 is 10.0 Å². The van der Waals surface area contributed by atoms with E-state index in [-0.39, 0.29) is 23.9 Å². The highest BCUT2D eigenvalue weighted by molar-refractivity contribution is 9.10. The standard InChI is InChI=1S/C21H24BrN5O3S2/c1-16-24-21(26-25-16)31-14-12-23-20(28)15-27(13-11-17-5-3-2-4-6-17)32(29,30)19-9-7-18(22)8-10-19/h2-10H,11-15H2,1H3,(H,23,28)(H,24,25,26). The molecule has 11 heteroatoms. The van der Waals surface area contributed by atoms with Gasteiger partial charge in [-0.05, 0) is 43.2 Å². The summed E-state index contributed by atoms with van der Waals surface area (Å²) < 4.78 is 28.5. The molecule has 170 valence electrons. The Balaban J connectivity index is 1.62. The third-order valence-corrected chi connectivity index (χ3v) is 7.73. The van der Waals surface area contributed by atoms with Crippen LogP contribution in [0.15, 0.2) is 69.1 Å². The molecule has 1 aromatic heterocycles. The zero-order valence-electron chi connectivity index (χ0n) is 17.5. The minimum Gasteiger partial charge on any atom is -0.354 e. The summed E-state index contributed by atoms with van der Waals surface area (Å²) in [4.78, 5) is 16.9. The van der Waals surface area contributed by atoms with Gasteiger partial charge in [0.05, 0.1) is 11.4 Å². The molecule has 0 aliphatic heterocycles. The number of nitrogens with one attached hydrogen (secondary N) is 2. The van der Waals surface area contributed by atoms with E-state index in [1.165, 1.54) is 28.2 Å². The van der Waals surface area contributed by atoms with Crippen molar-refractivity contribution in [3.05, 3.63) is 70.5 Å². The molecule has 3 rings (SSSR count). The van der Waals surface area contributed by atoms with Crippen LogP contribution < -0.4 is 5.32 Å². The minimum absolute atomic E-state index is 0.150. The molecule has 8 nitrogen and oxygen atoms in total. The normalized spacial score (nSPS) is 11.6. The van der Waals surface area contributed by atoms with Crippen LogP contribution in [-0.2, 0) is 21.2 Å². The molecule has 0 saturated heterocycles. The maximum atomic E-state index is 13.2. The van der Waals surface area contributed by atoms with Gasteiger partial charge in [0, 0.05) is 23.3 Å². The Labute approximate surface area is 200 Å². The number of aromatic nitrogens is 3. The average molecular weight is 538 g/mol. The first-order chi connectivity index (χ1) is 15.3. The molecule has 3 aromatic rings. The van der Waals surface area contributed by atoms with Crippen LogP contribution in [-0.4, -0.2) is 59.2 Å². The highest BCUT2D eigenvalue weighted by Gasteiger charge is 2.26. The van der Waals surface area contributed by atoms with Crippen molar-refractivity contribution in [3.63, 3.8) is 0 Å². The molecule has 1 amide bonds. The molecule has 0 aliphatic rings. The van der Waals surface area contributed by atoms with Gasteiger partial charge in [0.1, 0.15) is 5.82 Å². The molecule has 0 bridgehead atoms. The Hall–Kier alpha value is -2.21. The SMILES string of the molecule is Cc1nc(SCCNC(=O)CN(CCc2ccccc2)S(=O)(=O)c2ccc(Br)cc2)n[nH]1. The number of hydrogen-bond donors (Lipinski definition) is 2. The number of H-pyrrole nitrogens is 1. The molecule has 0 saturated carbocycles. The summed E-state index contributed by atoms with van der Waals surface area (Å²) in [6.45, 7) is 2.13. The summed E-state index contributed by atoms with van der Waals surface area (Å²) in [5.74, 6) is 0.946. The second-order valence-electron chi connectivity index (χ2n) is 6.93. The van der Waals surface area contributed by atoms with Gasteiger partial charge >= 0.3 is 0 Å². The Morgan fingerprint density at radius 3 is 2.53 bits per heavy atom. The van der Waals surface area contributed by atoms with Gasteiger partial charge in [0.15, 0.2) is 0 Å². The van der Waals surface area contributed by atoms with Crippen molar-refractivity contribution in [1.29, 1.82) is 0 Å². The second-order valence-corrected chi connectivity index (χ2v) is 10.8. The number of aromatic amines is 1. The lowest BCUT2D eigenvalue weighted by atomic mass is 10.1. The lowest BCUT2D eigenvalue weighted by Gasteiger charge is -2.22. The lowest BCUT2D eigenvalue weighted by Crippen LogP contribution is -2.42. The molecule has 0 spiro atoms. The van der Waals surface area contributed by atoms with Crippen molar-refractivity contribution in [1.82, 2.24) is 24.8 Å². The van der Waals surface area contributed by atoms with Crippen LogP contribution in [0, 0.1) is 6.92 Å². The van der Waals surface area contributed by atoms with Gasteiger partial charge < -0.3 is 5.32 Å². The molecule has 2 aromatic carbocycles. The third-order valence-electron chi connectivity index (χ3n) is 4.50. The molecule has 0 radical (unpaired) electrons. The fourth-order valence-corrected chi connectivity index (χ4v) is 5.23. The van der Waals surface area contributed by atoms with Crippen LogP contribution in [0.25, 0.3) is 0 Å². The quantitative estimate of drug-likeness (QED) is 0.287. The van der Waals surface area contributed by atoms with Crippen LogP contribution in [0.1, 0.15) is 11.4 Å². The molecule has 1 heterocycles. The first kappa shape index (κ1) is 24.4. The van der Waals surface area contributed by atoms with Gasteiger partial charge in [-0.1, -0.05) is 58.0 Å². The van der Waals surface area contributed by atoms with Gasteiger partial charge in [-0.3, -0.25) is 9.89 Å². The molecular weight excluding hydrogens is 514 g/mol. The summed E-state index contributed by atoms with van der Waals surface area (Å²) in [6.07, 6.45) is 0.504. The van der Waals surface area contributed by atoms with Crippen molar-refractivity contribution in [2.24, 2.45) is 0 Å². The van der Waals surface area contributed by atoms with Crippen molar-refractivity contribution in [3.8, 4) is 0 Å². The number of halogens is 1. The van der Waals surface area contributed by atoms with E-state index in [2.05, 4.69) is 36.4 Å². The van der Waals surface area contributed by atoms with E-state index in [0.717, 1.165) is 15.9 Å². The molecular formula is C21H24BrN5O3S2. The van der Waals surface area contributed by atoms with E-state index in [9.17, 15) is 13.2 Å². The van der Waals surface area contributed by atoms with Crippen LogP contribution in [0.5, 0.6) is 0 Å². The van der Waals surface area contributed by atoms with Crippen LogP contribution in [0.2, 0.25) is 0 Å². The molecule has 2 N–H and O–H groups in total. The highest BCUT2D eigenvalue weighted by Crippen LogP contribution is 2.19. The number of thioether (sulfide) groups is 1. The molecule has 0 aliphatic carbocycles. The second kappa shape index (κ2) is 11.6. The minimum atomic E-state index is -3.83. The first-order valence-corrected chi connectivity index (χ1v) is 13.1. The summed E-state index contributed by atoms with van der Waals surface area (Å²) >= 11 is 4.73.